The molecule has 0 fully saturated rings. The highest BCUT2D eigenvalue weighted by atomic mass is 14.8. The van der Waals surface area contributed by atoms with Crippen molar-refractivity contribution in [2.75, 3.05) is 13.6 Å². The lowest BCUT2D eigenvalue weighted by molar-refractivity contribution is 0.790. The minimum atomic E-state index is 1.03. The molecule has 0 aliphatic heterocycles. The molecule has 2 N–H and O–H groups in total. The molecule has 13 heavy (non-hydrogen) atoms. The molecule has 0 aliphatic carbocycles. The number of likely N-dealkylation sites (N-methyl/N-ethyl adjacent to an activating group) is 1. The third kappa shape index (κ3) is 2.22. The van der Waals surface area contributed by atoms with Gasteiger partial charge in [0.05, 0.1) is 0 Å². The molecule has 0 unspecified atom stereocenters. The Bertz CT molecular complexity index is 360. The molecule has 0 bridgehead atoms. The summed E-state index contributed by atoms with van der Waals surface area (Å²) in [6, 6.07) is 0. The zero-order valence-corrected chi connectivity index (χ0v) is 8.65. The van der Waals surface area contributed by atoms with Gasteiger partial charge in [-0.05, 0) is 44.6 Å². The Morgan fingerprint density at radius 3 is 2.69 bits per heavy atom. The molecule has 2 heteroatoms. The Labute approximate surface area is 79.4 Å². The van der Waals surface area contributed by atoms with Crippen molar-refractivity contribution in [3.63, 3.8) is 0 Å². The van der Waals surface area contributed by atoms with Crippen molar-refractivity contribution in [2.24, 2.45) is 0 Å². The predicted octanol–water partition coefficient (Wildman–Crippen LogP) is 0.377. The lowest BCUT2D eigenvalue weighted by atomic mass is 10.2. The minimum absolute atomic E-state index is 1.03. The van der Waals surface area contributed by atoms with E-state index in [2.05, 4.69) is 42.5 Å². The summed E-state index contributed by atoms with van der Waals surface area (Å²) >= 11 is 0. The molecule has 1 aromatic heterocycles. The van der Waals surface area contributed by atoms with Crippen LogP contribution in [0.5, 0.6) is 0 Å². The van der Waals surface area contributed by atoms with Crippen LogP contribution in [0.25, 0.3) is 12.2 Å². The Balaban J connectivity index is 3.03. The largest absolute Gasteiger partial charge is 0.361 e. The quantitative estimate of drug-likeness (QED) is 0.688. The third-order valence-electron chi connectivity index (χ3n) is 2.26. The highest BCUT2D eigenvalue weighted by molar-refractivity contribution is 5.31. The van der Waals surface area contributed by atoms with Gasteiger partial charge >= 0.3 is 0 Å². The van der Waals surface area contributed by atoms with Gasteiger partial charge in [-0.3, -0.25) is 0 Å². The number of aromatic amines is 1. The van der Waals surface area contributed by atoms with E-state index >= 15 is 0 Å². The summed E-state index contributed by atoms with van der Waals surface area (Å²) in [5, 5.41) is 5.73. The average Bonchev–Trinajstić information content (AvgIpc) is 2.56. The third-order valence-corrected chi connectivity index (χ3v) is 2.26. The molecule has 1 aromatic rings. The number of hydrogen-bond acceptors (Lipinski definition) is 1. The maximum absolute atomic E-state index is 3.27. The molecule has 2 nitrogen and oxygen atoms in total. The van der Waals surface area contributed by atoms with Crippen molar-refractivity contribution in [3.05, 3.63) is 22.3 Å². The highest BCUT2D eigenvalue weighted by Crippen LogP contribution is 1.86. The van der Waals surface area contributed by atoms with Gasteiger partial charge in [-0.1, -0.05) is 12.2 Å². The summed E-state index contributed by atoms with van der Waals surface area (Å²) < 4.78 is 0. The molecule has 0 radical (unpaired) electrons. The van der Waals surface area contributed by atoms with E-state index in [1.54, 1.807) is 0 Å². The molecule has 0 saturated heterocycles. The van der Waals surface area contributed by atoms with Gasteiger partial charge in [-0.15, -0.1) is 0 Å². The molecule has 0 aromatic carbocycles. The normalized spacial score (nSPS) is 14.1. The SMILES string of the molecule is C/C=c1/c(CCNC)c[nH]/c1=C/C. The first-order valence-electron chi connectivity index (χ1n) is 4.77. The van der Waals surface area contributed by atoms with Gasteiger partial charge in [0.15, 0.2) is 0 Å². The van der Waals surface area contributed by atoms with Gasteiger partial charge in [0.1, 0.15) is 0 Å². The molecule has 0 amide bonds. The van der Waals surface area contributed by atoms with Crippen molar-refractivity contribution in [2.45, 2.75) is 20.3 Å². The van der Waals surface area contributed by atoms with Crippen LogP contribution in [-0.4, -0.2) is 18.6 Å². The maximum atomic E-state index is 3.27. The smallest absolute Gasteiger partial charge is 0.0410 e. The van der Waals surface area contributed by atoms with Crippen LogP contribution in [0.1, 0.15) is 19.4 Å². The Morgan fingerprint density at radius 1 is 1.38 bits per heavy atom. The number of aromatic nitrogens is 1. The second-order valence-electron chi connectivity index (χ2n) is 3.07. The molecule has 72 valence electrons. The summed E-state index contributed by atoms with van der Waals surface area (Å²) in [6.07, 6.45) is 7.46. The number of nitrogens with one attached hydrogen (secondary N) is 2. The molecule has 0 spiro atoms. The second-order valence-corrected chi connectivity index (χ2v) is 3.07. The van der Waals surface area contributed by atoms with Gasteiger partial charge in [0, 0.05) is 11.5 Å². The molecular weight excluding hydrogens is 160 g/mol. The van der Waals surface area contributed by atoms with Gasteiger partial charge in [-0.2, -0.15) is 0 Å². The molecular formula is C11H18N2. The predicted molar refractivity (Wildman–Crippen MR) is 58.0 cm³/mol. The summed E-state index contributed by atoms with van der Waals surface area (Å²) in [6.45, 7) is 5.17. The van der Waals surface area contributed by atoms with E-state index in [4.69, 9.17) is 0 Å². The highest BCUT2D eigenvalue weighted by Gasteiger charge is 1.96. The van der Waals surface area contributed by atoms with Gasteiger partial charge < -0.3 is 10.3 Å². The molecule has 0 aliphatic rings. The van der Waals surface area contributed by atoms with E-state index in [0.29, 0.717) is 0 Å². The van der Waals surface area contributed by atoms with Crippen molar-refractivity contribution < 1.29 is 0 Å². The summed E-state index contributed by atoms with van der Waals surface area (Å²) in [7, 11) is 1.98. The van der Waals surface area contributed by atoms with Crippen molar-refractivity contribution in [3.8, 4) is 0 Å². The zero-order valence-electron chi connectivity index (χ0n) is 8.65. The lowest BCUT2D eigenvalue weighted by Gasteiger charge is -1.95. The molecule has 1 rings (SSSR count). The van der Waals surface area contributed by atoms with E-state index in [1.165, 1.54) is 16.1 Å². The molecule has 1 heterocycles. The van der Waals surface area contributed by atoms with E-state index in [9.17, 15) is 0 Å². The lowest BCUT2D eigenvalue weighted by Crippen LogP contribution is -2.25. The van der Waals surface area contributed by atoms with Crippen LogP contribution in [0, 0.1) is 0 Å². The van der Waals surface area contributed by atoms with Crippen LogP contribution in [0.2, 0.25) is 0 Å². The first-order chi connectivity index (χ1) is 6.33. The fraction of sp³-hybridized carbons (Fsp3) is 0.455. The van der Waals surface area contributed by atoms with Crippen molar-refractivity contribution in [1.82, 2.24) is 10.3 Å². The van der Waals surface area contributed by atoms with Crippen molar-refractivity contribution >= 4 is 12.2 Å². The van der Waals surface area contributed by atoms with E-state index in [1.807, 2.05) is 7.05 Å². The van der Waals surface area contributed by atoms with Crippen LogP contribution >= 0.6 is 0 Å². The van der Waals surface area contributed by atoms with Crippen LogP contribution in [0.15, 0.2) is 6.20 Å². The van der Waals surface area contributed by atoms with Gasteiger partial charge in [0.25, 0.3) is 0 Å². The Morgan fingerprint density at radius 2 is 2.15 bits per heavy atom. The van der Waals surface area contributed by atoms with Gasteiger partial charge in [0.2, 0.25) is 0 Å². The zero-order chi connectivity index (χ0) is 9.68. The van der Waals surface area contributed by atoms with Gasteiger partial charge in [-0.25, -0.2) is 0 Å². The summed E-state index contributed by atoms with van der Waals surface area (Å²) in [4.78, 5) is 3.27. The second kappa shape index (κ2) is 4.87. The van der Waals surface area contributed by atoms with Crippen LogP contribution in [-0.2, 0) is 6.42 Å². The van der Waals surface area contributed by atoms with Crippen molar-refractivity contribution in [1.29, 1.82) is 0 Å². The Kier molecular flexibility index (Phi) is 3.77. The monoisotopic (exact) mass is 178 g/mol. The Hall–Kier alpha value is -1.02. The summed E-state index contributed by atoms with van der Waals surface area (Å²) in [5.74, 6) is 0. The molecule has 0 atom stereocenters. The van der Waals surface area contributed by atoms with E-state index in [-0.39, 0.29) is 0 Å². The van der Waals surface area contributed by atoms with E-state index in [0.717, 1.165) is 13.0 Å². The van der Waals surface area contributed by atoms with E-state index < -0.39 is 0 Å². The fourth-order valence-electron chi connectivity index (χ4n) is 1.54. The number of hydrogen-bond donors (Lipinski definition) is 2. The first-order valence-corrected chi connectivity index (χ1v) is 4.77. The minimum Gasteiger partial charge on any atom is -0.361 e. The van der Waals surface area contributed by atoms with Crippen LogP contribution in [0.3, 0.4) is 0 Å². The summed E-state index contributed by atoms with van der Waals surface area (Å²) in [5.41, 5.74) is 1.39. The maximum Gasteiger partial charge on any atom is 0.0410 e. The van der Waals surface area contributed by atoms with Crippen LogP contribution in [0.4, 0.5) is 0 Å². The standard InChI is InChI=1S/C11H18N2/c1-4-10-9(6-7-12-3)8-13-11(10)5-2/h4-5,8,12-13H,6-7H2,1-3H3/b10-4-,11-5+. The number of H-pyrrole nitrogens is 1. The van der Waals surface area contributed by atoms with Crippen LogP contribution < -0.4 is 15.9 Å². The first kappa shape index (κ1) is 10.1. The molecule has 0 saturated carbocycles. The topological polar surface area (TPSA) is 27.8 Å². The fourth-order valence-corrected chi connectivity index (χ4v) is 1.54. The number of rotatable bonds is 3. The average molecular weight is 178 g/mol.